The van der Waals surface area contributed by atoms with Crippen LogP contribution in [0.2, 0.25) is 0 Å². The third kappa shape index (κ3) is 7.81. The number of ketones is 2. The summed E-state index contributed by atoms with van der Waals surface area (Å²) in [6.07, 6.45) is -1.90. The van der Waals surface area contributed by atoms with Crippen molar-refractivity contribution in [3.63, 3.8) is 0 Å². The maximum absolute atomic E-state index is 13.4. The lowest BCUT2D eigenvalue weighted by Crippen LogP contribution is -2.32. The fourth-order valence-electron chi connectivity index (χ4n) is 3.80. The molecular weight excluding hydrogens is 542 g/mol. The van der Waals surface area contributed by atoms with Crippen LogP contribution in [-0.4, -0.2) is 81.5 Å². The van der Waals surface area contributed by atoms with Crippen LogP contribution in [0.3, 0.4) is 0 Å². The lowest BCUT2D eigenvalue weighted by Gasteiger charge is -2.24. The number of carbonyl (C=O) groups is 4. The van der Waals surface area contributed by atoms with Crippen molar-refractivity contribution in [3.8, 4) is 0 Å². The minimum atomic E-state index is -4.50. The summed E-state index contributed by atoms with van der Waals surface area (Å²) in [6.45, 7) is 0.142. The molecule has 0 aliphatic heterocycles. The summed E-state index contributed by atoms with van der Waals surface area (Å²) >= 11 is 0. The van der Waals surface area contributed by atoms with Crippen LogP contribution in [0.15, 0.2) is 36.4 Å². The second-order valence-corrected chi connectivity index (χ2v) is 11.6. The number of anilines is 2. The molecule has 0 atom stereocenters. The van der Waals surface area contributed by atoms with Crippen molar-refractivity contribution in [1.82, 2.24) is 10.6 Å². The molecule has 0 unspecified atom stereocenters. The second kappa shape index (κ2) is 12.0. The van der Waals surface area contributed by atoms with Gasteiger partial charge in [-0.25, -0.2) is 0 Å². The smallest absolute Gasteiger partial charge is 0.334 e. The van der Waals surface area contributed by atoms with E-state index in [1.54, 1.807) is 24.3 Å². The van der Waals surface area contributed by atoms with E-state index in [9.17, 15) is 28.3 Å². The fraction of sp³-hybridized carbons (Fsp3) is 0.273. The van der Waals surface area contributed by atoms with Crippen LogP contribution < -0.4 is 21.3 Å². The van der Waals surface area contributed by atoms with Crippen molar-refractivity contribution in [1.29, 1.82) is 0 Å². The zero-order valence-electron chi connectivity index (χ0n) is 19.8. The van der Waals surface area contributed by atoms with Crippen molar-refractivity contribution in [2.24, 2.45) is 0 Å². The molecule has 16 heteroatoms. The molecule has 0 radical (unpaired) electrons. The lowest BCUT2D eigenvalue weighted by molar-refractivity contribution is -0.119. The van der Waals surface area contributed by atoms with Gasteiger partial charge in [-0.05, 0) is 12.1 Å². The number of benzene rings is 2. The summed E-state index contributed by atoms with van der Waals surface area (Å²) in [5.74, 6) is -2.51. The molecule has 0 fully saturated rings. The Labute approximate surface area is 216 Å². The number of amides is 2. The van der Waals surface area contributed by atoms with Gasteiger partial charge in [0, 0.05) is 48.7 Å². The third-order valence-electron chi connectivity index (χ3n) is 5.30. The molecule has 8 N–H and O–H groups in total. The molecule has 0 saturated heterocycles. The molecule has 0 bridgehead atoms. The lowest BCUT2D eigenvalue weighted by atomic mass is 9.82. The minimum absolute atomic E-state index is 0.0133. The molecule has 2 aromatic carbocycles. The highest BCUT2D eigenvalue weighted by atomic mass is 31.2. The van der Waals surface area contributed by atoms with Gasteiger partial charge in [0.2, 0.25) is 11.8 Å². The van der Waals surface area contributed by atoms with Crippen molar-refractivity contribution < 1.29 is 47.9 Å². The molecule has 14 nitrogen and oxygen atoms in total. The highest BCUT2D eigenvalue weighted by Crippen LogP contribution is 2.37. The average Bonchev–Trinajstić information content (AvgIpc) is 2.81. The average molecular weight is 568 g/mol. The summed E-state index contributed by atoms with van der Waals surface area (Å²) in [4.78, 5) is 85.4. The van der Waals surface area contributed by atoms with Gasteiger partial charge >= 0.3 is 15.2 Å². The van der Waals surface area contributed by atoms with Gasteiger partial charge in [-0.15, -0.1) is 0 Å². The predicted molar refractivity (Wildman–Crippen MR) is 137 cm³/mol. The number of hydrogen-bond acceptors (Lipinski definition) is 8. The molecule has 3 rings (SSSR count). The van der Waals surface area contributed by atoms with Gasteiger partial charge in [0.15, 0.2) is 11.6 Å². The van der Waals surface area contributed by atoms with Gasteiger partial charge in [-0.2, -0.15) is 0 Å². The topological polar surface area (TPSA) is 231 Å². The summed E-state index contributed by atoms with van der Waals surface area (Å²) < 4.78 is 21.9. The Morgan fingerprint density at radius 3 is 1.34 bits per heavy atom. The number of hydrogen-bond donors (Lipinski definition) is 8. The molecular formula is C22H26N4O10P2. The van der Waals surface area contributed by atoms with Crippen molar-refractivity contribution in [2.45, 2.75) is 0 Å². The van der Waals surface area contributed by atoms with Crippen LogP contribution in [0.25, 0.3) is 0 Å². The summed E-state index contributed by atoms with van der Waals surface area (Å²) in [5, 5.41) is 10.6. The standard InChI is InChI=1S/C22H26N4O10P2/c27-17(11-37(31,32)33)25-9-7-23-15-5-6-16(24-8-10-26-18(28)12-38(34,35)36)20-19(15)21(29)13-3-1-2-4-14(13)22(20)30/h1-6,23-24H,7-12H2,(H,25,27)(H,26,28)(H2,31,32,33)(H2,34,35,36). The molecule has 1 aliphatic carbocycles. The van der Waals surface area contributed by atoms with Gasteiger partial charge in [-0.3, -0.25) is 28.3 Å². The van der Waals surface area contributed by atoms with Crippen LogP contribution in [0.4, 0.5) is 11.4 Å². The van der Waals surface area contributed by atoms with Crippen molar-refractivity contribution in [3.05, 3.63) is 58.7 Å². The van der Waals surface area contributed by atoms with Gasteiger partial charge < -0.3 is 40.8 Å². The monoisotopic (exact) mass is 568 g/mol. The van der Waals surface area contributed by atoms with E-state index < -0.39 is 50.9 Å². The summed E-state index contributed by atoms with van der Waals surface area (Å²) in [7, 11) is -9.00. The van der Waals surface area contributed by atoms with Gasteiger partial charge in [-0.1, -0.05) is 24.3 Å². The number of nitrogens with one attached hydrogen (secondary N) is 4. The number of rotatable bonds is 12. The largest absolute Gasteiger partial charge is 0.383 e. The maximum atomic E-state index is 13.4. The quantitative estimate of drug-likeness (QED) is 0.106. The normalized spacial score (nSPS) is 12.8. The van der Waals surface area contributed by atoms with Gasteiger partial charge in [0.1, 0.15) is 12.3 Å². The van der Waals surface area contributed by atoms with Gasteiger partial charge in [0.25, 0.3) is 0 Å². The van der Waals surface area contributed by atoms with Crippen LogP contribution in [0, 0.1) is 0 Å². The molecule has 0 spiro atoms. The van der Waals surface area contributed by atoms with Crippen molar-refractivity contribution >= 4 is 49.9 Å². The molecule has 0 aromatic heterocycles. The predicted octanol–water partition coefficient (Wildman–Crippen LogP) is -0.126. The first-order chi connectivity index (χ1) is 17.8. The van der Waals surface area contributed by atoms with E-state index in [1.807, 2.05) is 0 Å². The molecule has 1 aliphatic rings. The van der Waals surface area contributed by atoms with E-state index in [4.69, 9.17) is 19.6 Å². The number of carbonyl (C=O) groups excluding carboxylic acids is 4. The first-order valence-corrected chi connectivity index (χ1v) is 14.8. The summed E-state index contributed by atoms with van der Waals surface area (Å²) in [5.41, 5.74) is 1.21. The van der Waals surface area contributed by atoms with E-state index in [2.05, 4.69) is 21.3 Å². The summed E-state index contributed by atoms with van der Waals surface area (Å²) in [6, 6.07) is 9.40. The van der Waals surface area contributed by atoms with E-state index in [1.165, 1.54) is 12.1 Å². The Hall–Kier alpha value is -3.38. The molecule has 0 heterocycles. The Kier molecular flexibility index (Phi) is 9.21. The van der Waals surface area contributed by atoms with Crippen LogP contribution in [-0.2, 0) is 18.7 Å². The third-order valence-corrected chi connectivity index (χ3v) is 6.70. The van der Waals surface area contributed by atoms with Crippen LogP contribution in [0.1, 0.15) is 31.8 Å². The highest BCUT2D eigenvalue weighted by molar-refractivity contribution is 7.53. The molecule has 0 saturated carbocycles. The number of fused-ring (bicyclic) bond motifs is 2. The zero-order valence-corrected chi connectivity index (χ0v) is 21.6. The Morgan fingerprint density at radius 1 is 0.632 bits per heavy atom. The minimum Gasteiger partial charge on any atom is -0.383 e. The van der Waals surface area contributed by atoms with Crippen LogP contribution >= 0.6 is 15.2 Å². The SMILES string of the molecule is O=C(CP(=O)(O)O)NCCNc1ccc(NCCNC(=O)CP(=O)(O)O)c2c1C(=O)c1ccccc1C2=O. The molecule has 2 aromatic rings. The highest BCUT2D eigenvalue weighted by Gasteiger charge is 2.33. The van der Waals surface area contributed by atoms with E-state index in [-0.39, 0.29) is 48.4 Å². The fourth-order valence-corrected chi connectivity index (χ4v) is 4.77. The van der Waals surface area contributed by atoms with E-state index >= 15 is 0 Å². The molecule has 38 heavy (non-hydrogen) atoms. The molecule has 204 valence electrons. The first-order valence-electron chi connectivity index (χ1n) is 11.2. The Balaban J connectivity index is 1.76. The molecule has 2 amide bonds. The first kappa shape index (κ1) is 29.2. The zero-order chi connectivity index (χ0) is 28.1. The Bertz CT molecular complexity index is 1270. The van der Waals surface area contributed by atoms with E-state index in [0.717, 1.165) is 0 Å². The maximum Gasteiger partial charge on any atom is 0.334 e. The Morgan fingerprint density at radius 2 is 1.00 bits per heavy atom. The van der Waals surface area contributed by atoms with Crippen molar-refractivity contribution in [2.75, 3.05) is 49.1 Å². The van der Waals surface area contributed by atoms with Crippen LogP contribution in [0.5, 0.6) is 0 Å². The second-order valence-electron chi connectivity index (χ2n) is 8.31. The van der Waals surface area contributed by atoms with E-state index in [0.29, 0.717) is 11.4 Å². The van der Waals surface area contributed by atoms with Gasteiger partial charge in [0.05, 0.1) is 11.1 Å².